The summed E-state index contributed by atoms with van der Waals surface area (Å²) in [5, 5.41) is 6.58. The number of amides is 1. The zero-order chi connectivity index (χ0) is 23.9. The van der Waals surface area contributed by atoms with Crippen molar-refractivity contribution in [2.45, 2.75) is 13.0 Å². The van der Waals surface area contributed by atoms with Crippen LogP contribution in [0.3, 0.4) is 0 Å². The summed E-state index contributed by atoms with van der Waals surface area (Å²) in [7, 11) is 1.53. The topological polar surface area (TPSA) is 59.9 Å². The van der Waals surface area contributed by atoms with Gasteiger partial charge in [-0.3, -0.25) is 4.79 Å². The molecule has 0 fully saturated rings. The fraction of sp³-hybridized carbons (Fsp3) is 0.111. The molecule has 0 heterocycles. The second-order valence-corrected chi connectivity index (χ2v) is 7.96. The summed E-state index contributed by atoms with van der Waals surface area (Å²) < 4.78 is 24.5. The monoisotopic (exact) mass is 476 g/mol. The van der Waals surface area contributed by atoms with Crippen molar-refractivity contribution in [1.82, 2.24) is 5.43 Å². The summed E-state index contributed by atoms with van der Waals surface area (Å²) in [6.07, 6.45) is 1.55. The Morgan fingerprint density at radius 3 is 2.62 bits per heavy atom. The van der Waals surface area contributed by atoms with Gasteiger partial charge < -0.3 is 9.47 Å². The number of rotatable bonds is 8. The summed E-state index contributed by atoms with van der Waals surface area (Å²) in [5.41, 5.74) is 4.80. The zero-order valence-electron chi connectivity index (χ0n) is 18.4. The highest BCUT2D eigenvalue weighted by Crippen LogP contribution is 2.37. The Hall–Kier alpha value is -3.90. The highest BCUT2D eigenvalue weighted by molar-refractivity contribution is 6.32. The van der Waals surface area contributed by atoms with E-state index in [9.17, 15) is 9.18 Å². The van der Waals surface area contributed by atoms with Crippen molar-refractivity contribution in [3.05, 3.63) is 106 Å². The van der Waals surface area contributed by atoms with Crippen molar-refractivity contribution in [3.63, 3.8) is 0 Å². The van der Waals surface area contributed by atoms with E-state index in [0.29, 0.717) is 34.3 Å². The number of methoxy groups -OCH3 is 1. The number of ether oxygens (including phenoxy) is 2. The third kappa shape index (κ3) is 5.71. The van der Waals surface area contributed by atoms with Crippen LogP contribution in [0.1, 0.15) is 16.7 Å². The van der Waals surface area contributed by atoms with Crippen LogP contribution >= 0.6 is 11.6 Å². The van der Waals surface area contributed by atoms with Gasteiger partial charge in [0, 0.05) is 0 Å². The predicted octanol–water partition coefficient (Wildman–Crippen LogP) is 5.91. The zero-order valence-corrected chi connectivity index (χ0v) is 19.2. The summed E-state index contributed by atoms with van der Waals surface area (Å²) in [6.45, 7) is 0.324. The van der Waals surface area contributed by atoms with Gasteiger partial charge in [0.2, 0.25) is 5.91 Å². The van der Waals surface area contributed by atoms with Crippen LogP contribution in [-0.2, 0) is 17.8 Å². The van der Waals surface area contributed by atoms with Crippen molar-refractivity contribution < 1.29 is 18.7 Å². The lowest BCUT2D eigenvalue weighted by molar-refractivity contribution is -0.120. The van der Waals surface area contributed by atoms with Crippen molar-refractivity contribution in [2.75, 3.05) is 7.11 Å². The molecule has 0 atom stereocenters. The van der Waals surface area contributed by atoms with E-state index < -0.39 is 0 Å². The summed E-state index contributed by atoms with van der Waals surface area (Å²) in [5.74, 6) is 0.204. The molecule has 0 radical (unpaired) electrons. The maximum absolute atomic E-state index is 13.0. The summed E-state index contributed by atoms with van der Waals surface area (Å²) in [4.78, 5) is 12.1. The molecule has 4 rings (SSSR count). The summed E-state index contributed by atoms with van der Waals surface area (Å²) in [6, 6.07) is 23.3. The molecule has 0 aliphatic rings. The molecule has 5 nitrogen and oxygen atoms in total. The highest BCUT2D eigenvalue weighted by Gasteiger charge is 2.13. The molecule has 0 aromatic heterocycles. The van der Waals surface area contributed by atoms with Crippen LogP contribution in [0, 0.1) is 5.82 Å². The lowest BCUT2D eigenvalue weighted by atomic mass is 10.1. The molecule has 0 unspecified atom stereocenters. The lowest BCUT2D eigenvalue weighted by Gasteiger charge is -2.14. The standard InChI is InChI=1S/C27H22ClFN2O3/c1-33-25-14-19(16-30-31-26(32)15-18-9-11-22(29)12-10-18)13-24(28)27(25)34-17-21-7-4-6-20-5-2-3-8-23(20)21/h2-14,16H,15,17H2,1H3,(H,31,32)/b30-16+. The first kappa shape index (κ1) is 23.3. The van der Waals surface area contributed by atoms with E-state index in [1.807, 2.05) is 24.3 Å². The number of nitrogens with one attached hydrogen (secondary N) is 1. The van der Waals surface area contributed by atoms with Crippen LogP contribution < -0.4 is 14.9 Å². The van der Waals surface area contributed by atoms with Crippen LogP contribution in [-0.4, -0.2) is 19.2 Å². The van der Waals surface area contributed by atoms with Crippen LogP contribution in [0.2, 0.25) is 5.02 Å². The van der Waals surface area contributed by atoms with Crippen molar-refractivity contribution >= 4 is 34.5 Å². The molecule has 34 heavy (non-hydrogen) atoms. The molecule has 1 amide bonds. The van der Waals surface area contributed by atoms with Crippen LogP contribution in [0.15, 0.2) is 84.0 Å². The number of hydrogen-bond acceptors (Lipinski definition) is 4. The number of benzene rings is 4. The molecular weight excluding hydrogens is 455 g/mol. The number of fused-ring (bicyclic) bond motifs is 1. The van der Waals surface area contributed by atoms with Crippen molar-refractivity contribution in [3.8, 4) is 11.5 Å². The molecule has 7 heteroatoms. The molecule has 4 aromatic carbocycles. The number of carbonyl (C=O) groups is 1. The largest absolute Gasteiger partial charge is 0.493 e. The molecule has 172 valence electrons. The number of hydrazone groups is 1. The van der Waals surface area contributed by atoms with E-state index in [1.54, 1.807) is 24.3 Å². The average molecular weight is 477 g/mol. The number of carbonyl (C=O) groups excluding carboxylic acids is 1. The summed E-state index contributed by atoms with van der Waals surface area (Å²) >= 11 is 6.47. The molecule has 0 bridgehead atoms. The first-order chi connectivity index (χ1) is 16.5. The smallest absolute Gasteiger partial charge is 0.244 e. The Kier molecular flexibility index (Phi) is 7.40. The number of hydrogen-bond donors (Lipinski definition) is 1. The van der Waals surface area contributed by atoms with Crippen molar-refractivity contribution in [1.29, 1.82) is 0 Å². The first-order valence-corrected chi connectivity index (χ1v) is 10.9. The van der Waals surface area contributed by atoms with E-state index in [2.05, 4.69) is 28.7 Å². The minimum Gasteiger partial charge on any atom is -0.493 e. The van der Waals surface area contributed by atoms with Gasteiger partial charge in [0.05, 0.1) is 24.8 Å². The van der Waals surface area contributed by atoms with Gasteiger partial charge in [0.1, 0.15) is 12.4 Å². The Morgan fingerprint density at radius 2 is 1.82 bits per heavy atom. The fourth-order valence-electron chi connectivity index (χ4n) is 3.53. The molecule has 0 aliphatic heterocycles. The van der Waals surface area contributed by atoms with Gasteiger partial charge in [-0.1, -0.05) is 66.2 Å². The minimum absolute atomic E-state index is 0.0860. The second-order valence-electron chi connectivity index (χ2n) is 7.56. The maximum atomic E-state index is 13.0. The number of nitrogens with zero attached hydrogens (tertiary/aromatic N) is 1. The quantitative estimate of drug-likeness (QED) is 0.254. The van der Waals surface area contributed by atoms with Gasteiger partial charge in [0.25, 0.3) is 0 Å². The SMILES string of the molecule is COc1cc(/C=N/NC(=O)Cc2ccc(F)cc2)cc(Cl)c1OCc1cccc2ccccc12. The van der Waals surface area contributed by atoms with Crippen LogP contribution in [0.25, 0.3) is 10.8 Å². The van der Waals surface area contributed by atoms with Gasteiger partial charge in [-0.2, -0.15) is 5.10 Å². The van der Waals surface area contributed by atoms with E-state index in [4.69, 9.17) is 21.1 Å². The van der Waals surface area contributed by atoms with Crippen LogP contribution in [0.4, 0.5) is 4.39 Å². The Labute approximate surface area is 201 Å². The highest BCUT2D eigenvalue weighted by atomic mass is 35.5. The third-order valence-corrected chi connectivity index (χ3v) is 5.47. The molecule has 1 N–H and O–H groups in total. The molecular formula is C27H22ClFN2O3. The molecule has 4 aromatic rings. The normalized spacial score (nSPS) is 11.0. The van der Waals surface area contributed by atoms with E-state index in [1.165, 1.54) is 25.5 Å². The van der Waals surface area contributed by atoms with E-state index in [-0.39, 0.29) is 18.1 Å². The average Bonchev–Trinajstić information content (AvgIpc) is 2.84. The molecule has 0 saturated heterocycles. The Morgan fingerprint density at radius 1 is 1.06 bits per heavy atom. The lowest BCUT2D eigenvalue weighted by Crippen LogP contribution is -2.19. The van der Waals surface area contributed by atoms with Gasteiger partial charge in [0.15, 0.2) is 11.5 Å². The molecule has 0 spiro atoms. The van der Waals surface area contributed by atoms with Crippen LogP contribution in [0.5, 0.6) is 11.5 Å². The van der Waals surface area contributed by atoms with Gasteiger partial charge in [-0.15, -0.1) is 0 Å². The fourth-order valence-corrected chi connectivity index (χ4v) is 3.80. The first-order valence-electron chi connectivity index (χ1n) is 10.6. The third-order valence-electron chi connectivity index (χ3n) is 5.18. The minimum atomic E-state index is -0.349. The Balaban J connectivity index is 1.43. The van der Waals surface area contributed by atoms with Gasteiger partial charge in [-0.25, -0.2) is 9.82 Å². The van der Waals surface area contributed by atoms with Gasteiger partial charge in [-0.05, 0) is 51.7 Å². The second kappa shape index (κ2) is 10.8. The Bertz CT molecular complexity index is 1330. The molecule has 0 aliphatic carbocycles. The van der Waals surface area contributed by atoms with Crippen molar-refractivity contribution in [2.24, 2.45) is 5.10 Å². The predicted molar refractivity (Wildman–Crippen MR) is 132 cm³/mol. The maximum Gasteiger partial charge on any atom is 0.244 e. The van der Waals surface area contributed by atoms with E-state index in [0.717, 1.165) is 16.3 Å². The van der Waals surface area contributed by atoms with E-state index >= 15 is 0 Å². The number of halogens is 2. The molecule has 0 saturated carbocycles. The van der Waals surface area contributed by atoms with Gasteiger partial charge >= 0.3 is 0 Å².